The zero-order valence-electron chi connectivity index (χ0n) is 13.4. The summed E-state index contributed by atoms with van der Waals surface area (Å²) in [4.78, 5) is 14.1. The van der Waals surface area contributed by atoms with E-state index in [1.165, 1.54) is 0 Å². The summed E-state index contributed by atoms with van der Waals surface area (Å²) in [5.74, 6) is -1.68. The Labute approximate surface area is 139 Å². The van der Waals surface area contributed by atoms with Crippen molar-refractivity contribution in [3.8, 4) is 5.75 Å². The number of hydrogen-bond acceptors (Lipinski definition) is 4. The molecule has 2 saturated heterocycles. The van der Waals surface area contributed by atoms with Crippen molar-refractivity contribution in [1.82, 2.24) is 10.2 Å². The number of benzene rings is 1. The van der Waals surface area contributed by atoms with Gasteiger partial charge >= 0.3 is 6.09 Å². The summed E-state index contributed by atoms with van der Waals surface area (Å²) in [6.07, 6.45) is 1.86. The molecule has 5 nitrogen and oxygen atoms in total. The van der Waals surface area contributed by atoms with Gasteiger partial charge in [-0.25, -0.2) is 13.6 Å². The minimum Gasteiger partial charge on any atom is -0.407 e. The molecule has 132 valence electrons. The second-order valence-corrected chi connectivity index (χ2v) is 6.49. The van der Waals surface area contributed by atoms with E-state index in [-0.39, 0.29) is 17.7 Å². The minimum absolute atomic E-state index is 0.141. The lowest BCUT2D eigenvalue weighted by molar-refractivity contribution is 0.0196. The number of amides is 1. The molecular formula is C17H22F2N2O3. The van der Waals surface area contributed by atoms with Gasteiger partial charge in [-0.2, -0.15) is 0 Å². The highest BCUT2D eigenvalue weighted by Crippen LogP contribution is 2.29. The van der Waals surface area contributed by atoms with Gasteiger partial charge in [-0.1, -0.05) is 0 Å². The normalized spacial score (nSPS) is 27.8. The van der Waals surface area contributed by atoms with Crippen molar-refractivity contribution < 1.29 is 23.4 Å². The van der Waals surface area contributed by atoms with Crippen LogP contribution < -0.4 is 10.1 Å². The number of aliphatic hydroxyl groups is 1. The highest BCUT2D eigenvalue weighted by atomic mass is 19.1. The van der Waals surface area contributed by atoms with Gasteiger partial charge in [-0.3, -0.25) is 0 Å². The molecule has 2 aliphatic rings. The summed E-state index contributed by atoms with van der Waals surface area (Å²) in [5, 5.41) is 13.3. The Morgan fingerprint density at radius 2 is 2.17 bits per heavy atom. The number of rotatable bonds is 2. The fraction of sp³-hybridized carbons (Fsp3) is 0.588. The largest absolute Gasteiger partial charge is 0.415 e. The number of carbonyl (C=O) groups is 1. The number of carbonyl (C=O) groups excluding carboxylic acids is 1. The van der Waals surface area contributed by atoms with E-state index in [9.17, 15) is 18.7 Å². The summed E-state index contributed by atoms with van der Waals surface area (Å²) in [7, 11) is 0. The third kappa shape index (κ3) is 3.84. The predicted molar refractivity (Wildman–Crippen MR) is 83.7 cm³/mol. The highest BCUT2D eigenvalue weighted by Gasteiger charge is 2.37. The van der Waals surface area contributed by atoms with Crippen LogP contribution in [0.1, 0.15) is 25.7 Å². The third-order valence-corrected chi connectivity index (χ3v) is 4.82. The van der Waals surface area contributed by atoms with Crippen molar-refractivity contribution in [3.05, 3.63) is 29.8 Å². The van der Waals surface area contributed by atoms with Gasteiger partial charge in [0.05, 0.1) is 6.10 Å². The van der Waals surface area contributed by atoms with Crippen LogP contribution in [0.3, 0.4) is 0 Å². The second kappa shape index (κ2) is 7.44. The maximum atomic E-state index is 13.7. The standard InChI is InChI=1S/C17H22F2N2O3/c18-12-3-4-16(14(19)8-12)24-17(23)21-7-5-13(22)9-15(21)11-2-1-6-20-10-11/h3-4,8,11,13,15,20,22H,1-2,5-7,9-10H2. The highest BCUT2D eigenvalue weighted by molar-refractivity contribution is 5.71. The molecule has 2 aliphatic heterocycles. The van der Waals surface area contributed by atoms with E-state index < -0.39 is 23.8 Å². The molecule has 1 amide bonds. The average Bonchev–Trinajstić information content (AvgIpc) is 2.58. The number of piperidine rings is 2. The zero-order chi connectivity index (χ0) is 17.1. The van der Waals surface area contributed by atoms with Crippen LogP contribution in [0.5, 0.6) is 5.75 Å². The molecule has 1 aromatic carbocycles. The Bertz CT molecular complexity index is 593. The van der Waals surface area contributed by atoms with E-state index in [0.29, 0.717) is 25.5 Å². The number of hydrogen-bond donors (Lipinski definition) is 2. The molecule has 0 saturated carbocycles. The van der Waals surface area contributed by atoms with Crippen molar-refractivity contribution in [1.29, 1.82) is 0 Å². The van der Waals surface area contributed by atoms with Crippen molar-refractivity contribution in [3.63, 3.8) is 0 Å². The van der Waals surface area contributed by atoms with E-state index in [1.807, 2.05) is 0 Å². The Kier molecular flexibility index (Phi) is 5.30. The quantitative estimate of drug-likeness (QED) is 0.867. The number of nitrogens with zero attached hydrogens (tertiary/aromatic N) is 1. The second-order valence-electron chi connectivity index (χ2n) is 6.49. The molecule has 7 heteroatoms. The third-order valence-electron chi connectivity index (χ3n) is 4.82. The summed E-state index contributed by atoms with van der Waals surface area (Å²) >= 11 is 0. The Hall–Kier alpha value is -1.73. The van der Waals surface area contributed by atoms with Crippen LogP contribution in [0.4, 0.5) is 13.6 Å². The van der Waals surface area contributed by atoms with Gasteiger partial charge in [0.2, 0.25) is 0 Å². The van der Waals surface area contributed by atoms with E-state index in [2.05, 4.69) is 5.32 Å². The van der Waals surface area contributed by atoms with Crippen molar-refractivity contribution in [2.24, 2.45) is 5.92 Å². The molecule has 0 aromatic heterocycles. The first-order valence-corrected chi connectivity index (χ1v) is 8.37. The van der Waals surface area contributed by atoms with Gasteiger partial charge in [0.25, 0.3) is 0 Å². The number of halogens is 2. The molecule has 0 aliphatic carbocycles. The number of ether oxygens (including phenoxy) is 1. The first-order valence-electron chi connectivity index (χ1n) is 8.37. The Balaban J connectivity index is 1.72. The maximum absolute atomic E-state index is 13.7. The lowest BCUT2D eigenvalue weighted by atomic mass is 9.84. The molecule has 1 aromatic rings. The SMILES string of the molecule is O=C(Oc1ccc(F)cc1F)N1CCC(O)CC1C1CCCNC1. The fourth-order valence-corrected chi connectivity index (χ4v) is 3.57. The lowest BCUT2D eigenvalue weighted by Gasteiger charge is -2.42. The summed E-state index contributed by atoms with van der Waals surface area (Å²) in [5.41, 5.74) is 0. The zero-order valence-corrected chi connectivity index (χ0v) is 13.4. The van der Waals surface area contributed by atoms with Crippen LogP contribution in [0, 0.1) is 17.6 Å². The molecule has 3 rings (SSSR count). The molecule has 3 unspecified atom stereocenters. The van der Waals surface area contributed by atoms with Crippen molar-refractivity contribution >= 4 is 6.09 Å². The van der Waals surface area contributed by atoms with Gasteiger partial charge in [0.15, 0.2) is 11.6 Å². The van der Waals surface area contributed by atoms with Crippen molar-refractivity contribution in [2.75, 3.05) is 19.6 Å². The van der Waals surface area contributed by atoms with Crippen LogP contribution in [-0.2, 0) is 0 Å². The molecule has 0 spiro atoms. The summed E-state index contributed by atoms with van der Waals surface area (Å²) in [6.45, 7) is 2.10. The molecule has 0 bridgehead atoms. The molecule has 2 heterocycles. The van der Waals surface area contributed by atoms with E-state index in [4.69, 9.17) is 4.74 Å². The van der Waals surface area contributed by atoms with Gasteiger partial charge in [-0.15, -0.1) is 0 Å². The van der Waals surface area contributed by atoms with Crippen LogP contribution in [0.2, 0.25) is 0 Å². The molecule has 2 N–H and O–H groups in total. The average molecular weight is 340 g/mol. The molecule has 0 radical (unpaired) electrons. The predicted octanol–water partition coefficient (Wildman–Crippen LogP) is 2.29. The van der Waals surface area contributed by atoms with Crippen LogP contribution in [-0.4, -0.2) is 47.9 Å². The first kappa shape index (κ1) is 17.1. The number of likely N-dealkylation sites (tertiary alicyclic amines) is 1. The van der Waals surface area contributed by atoms with Crippen molar-refractivity contribution in [2.45, 2.75) is 37.8 Å². The van der Waals surface area contributed by atoms with Crippen LogP contribution in [0.15, 0.2) is 18.2 Å². The van der Waals surface area contributed by atoms with Crippen LogP contribution in [0.25, 0.3) is 0 Å². The van der Waals surface area contributed by atoms with Gasteiger partial charge in [0.1, 0.15) is 5.82 Å². The molecule has 3 atom stereocenters. The topological polar surface area (TPSA) is 61.8 Å². The summed E-state index contributed by atoms with van der Waals surface area (Å²) < 4.78 is 31.8. The Morgan fingerprint density at radius 1 is 1.33 bits per heavy atom. The number of nitrogens with one attached hydrogen (secondary N) is 1. The smallest absolute Gasteiger partial charge is 0.407 e. The lowest BCUT2D eigenvalue weighted by Crippen LogP contribution is -2.54. The van der Waals surface area contributed by atoms with E-state index >= 15 is 0 Å². The van der Waals surface area contributed by atoms with Gasteiger partial charge < -0.3 is 20.1 Å². The van der Waals surface area contributed by atoms with Gasteiger partial charge in [0, 0.05) is 18.7 Å². The molecule has 2 fully saturated rings. The molecular weight excluding hydrogens is 318 g/mol. The van der Waals surface area contributed by atoms with Crippen LogP contribution >= 0.6 is 0 Å². The van der Waals surface area contributed by atoms with E-state index in [0.717, 1.165) is 38.1 Å². The summed E-state index contributed by atoms with van der Waals surface area (Å²) in [6, 6.07) is 2.70. The molecule has 24 heavy (non-hydrogen) atoms. The maximum Gasteiger partial charge on any atom is 0.415 e. The number of aliphatic hydroxyl groups excluding tert-OH is 1. The minimum atomic E-state index is -0.906. The monoisotopic (exact) mass is 340 g/mol. The van der Waals surface area contributed by atoms with Gasteiger partial charge in [-0.05, 0) is 56.8 Å². The first-order chi connectivity index (χ1) is 11.5. The fourth-order valence-electron chi connectivity index (χ4n) is 3.57. The van der Waals surface area contributed by atoms with E-state index in [1.54, 1.807) is 4.90 Å². The Morgan fingerprint density at radius 3 is 2.88 bits per heavy atom.